The zero-order valence-corrected chi connectivity index (χ0v) is 5.78. The molecular formula is C5H8N4O2. The highest BCUT2D eigenvalue weighted by molar-refractivity contribution is 5.64. The molecule has 11 heavy (non-hydrogen) atoms. The quantitative estimate of drug-likeness (QED) is 0.613. The summed E-state index contributed by atoms with van der Waals surface area (Å²) in [6, 6.07) is 0. The molecule has 0 aromatic carbocycles. The second kappa shape index (κ2) is 3.55. The van der Waals surface area contributed by atoms with Gasteiger partial charge in [-0.05, 0) is 0 Å². The molecule has 3 N–H and O–H groups in total. The molecule has 1 aromatic heterocycles. The Morgan fingerprint density at radius 1 is 1.82 bits per heavy atom. The van der Waals surface area contributed by atoms with Crippen LogP contribution in [0.5, 0.6) is 0 Å². The highest BCUT2D eigenvalue weighted by Gasteiger charge is 1.97. The normalized spacial score (nSPS) is 9.45. The van der Waals surface area contributed by atoms with Crippen molar-refractivity contribution in [1.29, 1.82) is 0 Å². The Bertz CT molecular complexity index is 220. The van der Waals surface area contributed by atoms with Crippen LogP contribution in [-0.2, 0) is 11.2 Å². The van der Waals surface area contributed by atoms with E-state index in [-0.39, 0.29) is 6.61 Å². The van der Waals surface area contributed by atoms with Crippen LogP contribution >= 0.6 is 0 Å². The fourth-order valence-corrected chi connectivity index (χ4v) is 0.604. The minimum atomic E-state index is -0.770. The van der Waals surface area contributed by atoms with Gasteiger partial charge in [0.1, 0.15) is 0 Å². The maximum absolute atomic E-state index is 10.1. The Kier molecular flexibility index (Phi) is 2.42. The second-order valence-electron chi connectivity index (χ2n) is 1.88. The number of primary amides is 1. The average molecular weight is 156 g/mol. The first-order valence-electron chi connectivity index (χ1n) is 3.06. The summed E-state index contributed by atoms with van der Waals surface area (Å²) in [7, 11) is 0. The number of carbonyl (C=O) groups is 1. The van der Waals surface area contributed by atoms with Crippen molar-refractivity contribution in [3.63, 3.8) is 0 Å². The lowest BCUT2D eigenvalue weighted by Gasteiger charge is -1.96. The van der Waals surface area contributed by atoms with Gasteiger partial charge in [-0.2, -0.15) is 0 Å². The number of nitrogens with one attached hydrogen (secondary N) is 1. The molecule has 6 nitrogen and oxygen atoms in total. The maximum atomic E-state index is 10.1. The molecule has 0 bridgehead atoms. The van der Waals surface area contributed by atoms with Crippen LogP contribution in [0.25, 0.3) is 0 Å². The molecule has 6 heteroatoms. The predicted molar refractivity (Wildman–Crippen MR) is 35.6 cm³/mol. The number of ether oxygens (including phenoxy) is 1. The smallest absolute Gasteiger partial charge is 0.404 e. The lowest BCUT2D eigenvalue weighted by molar-refractivity contribution is 0.158. The van der Waals surface area contributed by atoms with Crippen molar-refractivity contribution in [2.24, 2.45) is 5.73 Å². The van der Waals surface area contributed by atoms with E-state index in [0.29, 0.717) is 6.42 Å². The number of nitrogens with zero attached hydrogens (tertiary/aromatic N) is 2. The third-order valence-corrected chi connectivity index (χ3v) is 1.07. The third-order valence-electron chi connectivity index (χ3n) is 1.07. The van der Waals surface area contributed by atoms with Crippen molar-refractivity contribution in [2.45, 2.75) is 6.42 Å². The first kappa shape index (κ1) is 7.52. The van der Waals surface area contributed by atoms with Crippen molar-refractivity contribution < 1.29 is 9.53 Å². The zero-order valence-electron chi connectivity index (χ0n) is 5.78. The van der Waals surface area contributed by atoms with E-state index in [9.17, 15) is 4.79 Å². The van der Waals surface area contributed by atoms with E-state index < -0.39 is 6.09 Å². The fraction of sp³-hybridized carbons (Fsp3) is 0.400. The van der Waals surface area contributed by atoms with Crippen molar-refractivity contribution >= 4 is 6.09 Å². The van der Waals surface area contributed by atoms with Crippen LogP contribution in [0.15, 0.2) is 6.20 Å². The Balaban J connectivity index is 2.19. The molecule has 0 unspecified atom stereocenters. The van der Waals surface area contributed by atoms with Gasteiger partial charge in [-0.3, -0.25) is 5.10 Å². The lowest BCUT2D eigenvalue weighted by atomic mass is 10.4. The molecule has 0 radical (unpaired) electrons. The van der Waals surface area contributed by atoms with Gasteiger partial charge >= 0.3 is 6.09 Å². The topological polar surface area (TPSA) is 93.9 Å². The summed E-state index contributed by atoms with van der Waals surface area (Å²) in [5, 5.41) is 9.68. The number of amides is 1. The summed E-state index contributed by atoms with van der Waals surface area (Å²) in [6.07, 6.45) is 1.39. The fourth-order valence-electron chi connectivity index (χ4n) is 0.604. The van der Waals surface area contributed by atoms with Crippen LogP contribution in [0.4, 0.5) is 4.79 Å². The van der Waals surface area contributed by atoms with E-state index in [0.717, 1.165) is 5.69 Å². The number of H-pyrrole nitrogens is 1. The van der Waals surface area contributed by atoms with Gasteiger partial charge in [0.05, 0.1) is 12.3 Å². The van der Waals surface area contributed by atoms with Gasteiger partial charge in [-0.15, -0.1) is 5.10 Å². The Morgan fingerprint density at radius 2 is 2.64 bits per heavy atom. The molecule has 0 aliphatic carbocycles. The van der Waals surface area contributed by atoms with Gasteiger partial charge in [0.2, 0.25) is 0 Å². The van der Waals surface area contributed by atoms with Crippen molar-refractivity contribution in [2.75, 3.05) is 6.61 Å². The Hall–Kier alpha value is -1.59. The molecule has 1 heterocycles. The van der Waals surface area contributed by atoms with E-state index in [1.54, 1.807) is 6.20 Å². The SMILES string of the molecule is NC(=O)OCCc1c[nH]nn1. The minimum absolute atomic E-state index is 0.238. The number of hydrogen-bond acceptors (Lipinski definition) is 4. The molecule has 0 saturated carbocycles. The van der Waals surface area contributed by atoms with Crippen molar-refractivity contribution in [3.05, 3.63) is 11.9 Å². The van der Waals surface area contributed by atoms with Gasteiger partial charge in [-0.25, -0.2) is 4.79 Å². The largest absolute Gasteiger partial charge is 0.449 e. The molecule has 1 rings (SSSR count). The number of aromatic nitrogens is 3. The Labute approximate surface area is 62.7 Å². The van der Waals surface area contributed by atoms with Gasteiger partial charge in [0, 0.05) is 12.6 Å². The number of hydrogen-bond donors (Lipinski definition) is 2. The molecule has 1 amide bonds. The van der Waals surface area contributed by atoms with E-state index in [4.69, 9.17) is 5.73 Å². The van der Waals surface area contributed by atoms with Gasteiger partial charge < -0.3 is 10.5 Å². The van der Waals surface area contributed by atoms with E-state index >= 15 is 0 Å². The second-order valence-corrected chi connectivity index (χ2v) is 1.88. The summed E-state index contributed by atoms with van der Waals surface area (Å²) in [5.74, 6) is 0. The summed E-state index contributed by atoms with van der Waals surface area (Å²) in [4.78, 5) is 10.1. The summed E-state index contributed by atoms with van der Waals surface area (Å²) < 4.78 is 4.47. The van der Waals surface area contributed by atoms with Gasteiger partial charge in [0.15, 0.2) is 0 Å². The predicted octanol–water partition coefficient (Wildman–Crippen LogP) is -0.558. The van der Waals surface area contributed by atoms with E-state index in [1.165, 1.54) is 0 Å². The summed E-state index contributed by atoms with van der Waals surface area (Å²) in [6.45, 7) is 0.238. The monoisotopic (exact) mass is 156 g/mol. The molecule has 1 aromatic rings. The number of rotatable bonds is 3. The minimum Gasteiger partial charge on any atom is -0.449 e. The van der Waals surface area contributed by atoms with E-state index in [2.05, 4.69) is 20.1 Å². The van der Waals surface area contributed by atoms with Crippen molar-refractivity contribution in [1.82, 2.24) is 15.4 Å². The zero-order chi connectivity index (χ0) is 8.10. The molecule has 0 spiro atoms. The summed E-state index contributed by atoms with van der Waals surface area (Å²) >= 11 is 0. The van der Waals surface area contributed by atoms with Crippen LogP contribution in [0.2, 0.25) is 0 Å². The number of nitrogens with two attached hydrogens (primary N) is 1. The van der Waals surface area contributed by atoms with Crippen LogP contribution in [0.3, 0.4) is 0 Å². The molecule has 0 saturated heterocycles. The highest BCUT2D eigenvalue weighted by Crippen LogP contribution is 1.90. The molecule has 0 aliphatic heterocycles. The van der Waals surface area contributed by atoms with Crippen LogP contribution in [-0.4, -0.2) is 28.1 Å². The van der Waals surface area contributed by atoms with Gasteiger partial charge in [0.25, 0.3) is 0 Å². The molecule has 0 fully saturated rings. The standard InChI is InChI=1S/C5H8N4O2/c6-5(10)11-2-1-4-3-7-9-8-4/h3H,1-2H2,(H2,6,10)(H,7,8,9). The first-order chi connectivity index (χ1) is 5.29. The van der Waals surface area contributed by atoms with Gasteiger partial charge in [-0.1, -0.05) is 5.21 Å². The highest BCUT2D eigenvalue weighted by atomic mass is 16.5. The summed E-state index contributed by atoms with van der Waals surface area (Å²) in [5.41, 5.74) is 5.47. The van der Waals surface area contributed by atoms with Crippen molar-refractivity contribution in [3.8, 4) is 0 Å². The molecular weight excluding hydrogens is 148 g/mol. The molecule has 0 atom stereocenters. The maximum Gasteiger partial charge on any atom is 0.404 e. The van der Waals surface area contributed by atoms with Crippen LogP contribution in [0, 0.1) is 0 Å². The Morgan fingerprint density at radius 3 is 3.18 bits per heavy atom. The molecule has 0 aliphatic rings. The van der Waals surface area contributed by atoms with Crippen LogP contribution < -0.4 is 5.73 Å². The van der Waals surface area contributed by atoms with E-state index in [1.807, 2.05) is 0 Å². The third kappa shape index (κ3) is 2.65. The number of carbonyl (C=O) groups excluding carboxylic acids is 1. The number of aromatic amines is 1. The van der Waals surface area contributed by atoms with Crippen LogP contribution in [0.1, 0.15) is 5.69 Å². The lowest BCUT2D eigenvalue weighted by Crippen LogP contribution is -2.14. The average Bonchev–Trinajstić information content (AvgIpc) is 2.39. The molecule has 60 valence electrons. The first-order valence-corrected chi connectivity index (χ1v) is 3.06.